The third-order valence-corrected chi connectivity index (χ3v) is 3.48. The van der Waals surface area contributed by atoms with Crippen LogP contribution in [0.1, 0.15) is 23.0 Å². The van der Waals surface area contributed by atoms with Crippen LogP contribution in [0.4, 0.5) is 5.82 Å². The zero-order valence-electron chi connectivity index (χ0n) is 11.3. The SMILES string of the molecule is COC(=O)c1ccc(NCC(C)CSC)nc1C. The second-order valence-corrected chi connectivity index (χ2v) is 5.17. The summed E-state index contributed by atoms with van der Waals surface area (Å²) in [6, 6.07) is 3.56. The lowest BCUT2D eigenvalue weighted by Gasteiger charge is -2.12. The molecule has 18 heavy (non-hydrogen) atoms. The smallest absolute Gasteiger partial charge is 0.339 e. The number of nitrogens with zero attached hydrogens (tertiary/aromatic N) is 1. The largest absolute Gasteiger partial charge is 0.465 e. The molecule has 1 unspecified atom stereocenters. The van der Waals surface area contributed by atoms with Crippen LogP contribution in [0.2, 0.25) is 0 Å². The predicted molar refractivity (Wildman–Crippen MR) is 76.3 cm³/mol. The normalized spacial score (nSPS) is 12.0. The number of aryl methyl sites for hydroxylation is 1. The number of hydrogen-bond acceptors (Lipinski definition) is 5. The first-order valence-electron chi connectivity index (χ1n) is 5.87. The van der Waals surface area contributed by atoms with E-state index in [1.807, 2.05) is 24.8 Å². The minimum Gasteiger partial charge on any atom is -0.465 e. The van der Waals surface area contributed by atoms with Gasteiger partial charge in [-0.25, -0.2) is 9.78 Å². The summed E-state index contributed by atoms with van der Waals surface area (Å²) < 4.78 is 4.69. The van der Waals surface area contributed by atoms with Crippen molar-refractivity contribution >= 4 is 23.5 Å². The van der Waals surface area contributed by atoms with Crippen molar-refractivity contribution < 1.29 is 9.53 Å². The number of anilines is 1. The Hall–Kier alpha value is -1.23. The Labute approximate surface area is 113 Å². The molecule has 0 bridgehead atoms. The zero-order valence-corrected chi connectivity index (χ0v) is 12.1. The van der Waals surface area contributed by atoms with Gasteiger partial charge in [0.25, 0.3) is 0 Å². The Balaban J connectivity index is 2.64. The standard InChI is InChI=1S/C13H20N2O2S/c1-9(8-18-4)7-14-12-6-5-11(10(2)15-12)13(16)17-3/h5-6,9H,7-8H2,1-4H3,(H,14,15). The van der Waals surface area contributed by atoms with Crippen molar-refractivity contribution in [2.45, 2.75) is 13.8 Å². The van der Waals surface area contributed by atoms with Gasteiger partial charge in [0, 0.05) is 6.54 Å². The molecule has 0 saturated carbocycles. The molecule has 0 aliphatic rings. The van der Waals surface area contributed by atoms with Gasteiger partial charge >= 0.3 is 5.97 Å². The van der Waals surface area contributed by atoms with Gasteiger partial charge in [0.2, 0.25) is 0 Å². The second kappa shape index (κ2) is 7.26. The van der Waals surface area contributed by atoms with Crippen molar-refractivity contribution in [2.24, 2.45) is 5.92 Å². The van der Waals surface area contributed by atoms with Crippen LogP contribution in [0.15, 0.2) is 12.1 Å². The predicted octanol–water partition coefficient (Wildman–Crippen LogP) is 2.59. The number of methoxy groups -OCH3 is 1. The van der Waals surface area contributed by atoms with Crippen LogP contribution in [0.5, 0.6) is 0 Å². The number of pyridine rings is 1. The maximum Gasteiger partial charge on any atom is 0.339 e. The Morgan fingerprint density at radius 3 is 2.83 bits per heavy atom. The summed E-state index contributed by atoms with van der Waals surface area (Å²) in [6.45, 7) is 4.88. The molecule has 4 nitrogen and oxygen atoms in total. The van der Waals surface area contributed by atoms with Gasteiger partial charge in [0.15, 0.2) is 0 Å². The molecule has 0 amide bonds. The number of ether oxygens (including phenoxy) is 1. The lowest BCUT2D eigenvalue weighted by atomic mass is 10.2. The summed E-state index contributed by atoms with van der Waals surface area (Å²) in [5.74, 6) is 2.16. The summed E-state index contributed by atoms with van der Waals surface area (Å²) in [4.78, 5) is 15.8. The van der Waals surface area contributed by atoms with Gasteiger partial charge in [0.1, 0.15) is 5.82 Å². The zero-order chi connectivity index (χ0) is 13.5. The highest BCUT2D eigenvalue weighted by Gasteiger charge is 2.10. The Kier molecular flexibility index (Phi) is 5.98. The van der Waals surface area contributed by atoms with E-state index in [4.69, 9.17) is 0 Å². The van der Waals surface area contributed by atoms with Crippen LogP contribution in [-0.2, 0) is 4.74 Å². The fraction of sp³-hybridized carbons (Fsp3) is 0.538. The van der Waals surface area contributed by atoms with Crippen LogP contribution >= 0.6 is 11.8 Å². The molecule has 0 fully saturated rings. The molecule has 100 valence electrons. The summed E-state index contributed by atoms with van der Waals surface area (Å²) in [7, 11) is 1.37. The van der Waals surface area contributed by atoms with Gasteiger partial charge < -0.3 is 10.1 Å². The number of nitrogens with one attached hydrogen (secondary N) is 1. The Morgan fingerprint density at radius 2 is 2.28 bits per heavy atom. The molecule has 1 heterocycles. The Morgan fingerprint density at radius 1 is 1.56 bits per heavy atom. The number of hydrogen-bond donors (Lipinski definition) is 1. The van der Waals surface area contributed by atoms with Crippen molar-refractivity contribution in [3.8, 4) is 0 Å². The number of carbonyl (C=O) groups excluding carboxylic acids is 1. The van der Waals surface area contributed by atoms with Gasteiger partial charge in [0.05, 0.1) is 18.4 Å². The average Bonchev–Trinajstić information content (AvgIpc) is 2.36. The summed E-state index contributed by atoms with van der Waals surface area (Å²) in [5.41, 5.74) is 1.20. The average molecular weight is 268 g/mol. The van der Waals surface area contributed by atoms with Crippen LogP contribution in [-0.4, -0.2) is 36.6 Å². The molecule has 5 heteroatoms. The van der Waals surface area contributed by atoms with Crippen LogP contribution in [0.3, 0.4) is 0 Å². The van der Waals surface area contributed by atoms with Crippen LogP contribution in [0.25, 0.3) is 0 Å². The maximum atomic E-state index is 11.4. The molecular weight excluding hydrogens is 248 g/mol. The highest BCUT2D eigenvalue weighted by molar-refractivity contribution is 7.98. The first-order valence-corrected chi connectivity index (χ1v) is 7.26. The van der Waals surface area contributed by atoms with E-state index in [1.165, 1.54) is 7.11 Å². The molecule has 0 aliphatic carbocycles. The molecule has 1 rings (SSSR count). The third kappa shape index (κ3) is 4.22. The molecule has 1 atom stereocenters. The highest BCUT2D eigenvalue weighted by atomic mass is 32.2. The molecule has 1 aromatic rings. The van der Waals surface area contributed by atoms with Crippen molar-refractivity contribution in [1.29, 1.82) is 0 Å². The van der Waals surface area contributed by atoms with E-state index >= 15 is 0 Å². The fourth-order valence-corrected chi connectivity index (χ4v) is 2.29. The lowest BCUT2D eigenvalue weighted by Crippen LogP contribution is -2.15. The van der Waals surface area contributed by atoms with Crippen molar-refractivity contribution in [2.75, 3.05) is 31.0 Å². The molecule has 0 radical (unpaired) electrons. The van der Waals surface area contributed by atoms with E-state index in [0.29, 0.717) is 17.2 Å². The molecule has 0 aromatic carbocycles. The Bertz CT molecular complexity index is 410. The van der Waals surface area contributed by atoms with Crippen LogP contribution < -0.4 is 5.32 Å². The van der Waals surface area contributed by atoms with Crippen LogP contribution in [0, 0.1) is 12.8 Å². The van der Waals surface area contributed by atoms with Gasteiger partial charge in [-0.1, -0.05) is 6.92 Å². The molecule has 0 spiro atoms. The number of thioether (sulfide) groups is 1. The highest BCUT2D eigenvalue weighted by Crippen LogP contribution is 2.12. The van der Waals surface area contributed by atoms with E-state index in [2.05, 4.69) is 28.2 Å². The molecule has 0 aliphatic heterocycles. The minimum absolute atomic E-state index is 0.345. The van der Waals surface area contributed by atoms with Gasteiger partial charge in [-0.2, -0.15) is 11.8 Å². The van der Waals surface area contributed by atoms with Gasteiger partial charge in [-0.3, -0.25) is 0 Å². The van der Waals surface area contributed by atoms with E-state index < -0.39 is 0 Å². The molecule has 1 N–H and O–H groups in total. The quantitative estimate of drug-likeness (QED) is 0.804. The number of carbonyl (C=O) groups is 1. The second-order valence-electron chi connectivity index (χ2n) is 4.26. The molecular formula is C13H20N2O2S. The summed E-state index contributed by atoms with van der Waals surface area (Å²) in [5, 5.41) is 3.28. The minimum atomic E-state index is -0.345. The number of aromatic nitrogens is 1. The number of rotatable bonds is 6. The monoisotopic (exact) mass is 268 g/mol. The first kappa shape index (κ1) is 14.8. The number of esters is 1. The van der Waals surface area contributed by atoms with E-state index in [-0.39, 0.29) is 5.97 Å². The molecule has 1 aromatic heterocycles. The summed E-state index contributed by atoms with van der Waals surface area (Å²) in [6.07, 6.45) is 2.10. The van der Waals surface area contributed by atoms with E-state index in [0.717, 1.165) is 18.1 Å². The lowest BCUT2D eigenvalue weighted by molar-refractivity contribution is 0.0599. The maximum absolute atomic E-state index is 11.4. The fourth-order valence-electron chi connectivity index (χ4n) is 1.61. The summed E-state index contributed by atoms with van der Waals surface area (Å²) >= 11 is 1.84. The van der Waals surface area contributed by atoms with E-state index in [1.54, 1.807) is 6.07 Å². The van der Waals surface area contributed by atoms with Gasteiger partial charge in [-0.05, 0) is 37.0 Å². The van der Waals surface area contributed by atoms with Crippen molar-refractivity contribution in [3.63, 3.8) is 0 Å². The van der Waals surface area contributed by atoms with Crippen molar-refractivity contribution in [1.82, 2.24) is 4.98 Å². The van der Waals surface area contributed by atoms with E-state index in [9.17, 15) is 4.79 Å². The third-order valence-electron chi connectivity index (χ3n) is 2.57. The first-order chi connectivity index (χ1) is 8.58. The topological polar surface area (TPSA) is 51.2 Å². The molecule has 0 saturated heterocycles. The van der Waals surface area contributed by atoms with Gasteiger partial charge in [-0.15, -0.1) is 0 Å². The van der Waals surface area contributed by atoms with Crippen molar-refractivity contribution in [3.05, 3.63) is 23.4 Å².